The summed E-state index contributed by atoms with van der Waals surface area (Å²) in [5, 5.41) is 2.77. The summed E-state index contributed by atoms with van der Waals surface area (Å²) in [5.74, 6) is -0.0324. The van der Waals surface area contributed by atoms with Gasteiger partial charge in [0, 0.05) is 44.2 Å². The Kier molecular flexibility index (Phi) is 6.45. The lowest BCUT2D eigenvalue weighted by Gasteiger charge is -2.24. The van der Waals surface area contributed by atoms with E-state index in [-0.39, 0.29) is 5.91 Å². The smallest absolute Gasteiger partial charge is 0.230 e. The fourth-order valence-corrected chi connectivity index (χ4v) is 4.89. The minimum atomic E-state index is -0.0324. The van der Waals surface area contributed by atoms with Gasteiger partial charge in [0.2, 0.25) is 5.91 Å². The predicted octanol–water partition coefficient (Wildman–Crippen LogP) is 5.06. The summed E-state index contributed by atoms with van der Waals surface area (Å²) in [6.07, 6.45) is 2.56. The zero-order chi connectivity index (χ0) is 20.9. The Labute approximate surface area is 182 Å². The van der Waals surface area contributed by atoms with Crippen LogP contribution >= 0.6 is 11.3 Å². The molecule has 1 amide bonds. The number of para-hydroxylation sites is 2. The van der Waals surface area contributed by atoms with Gasteiger partial charge in [-0.05, 0) is 43.7 Å². The van der Waals surface area contributed by atoms with Gasteiger partial charge in [0.25, 0.3) is 0 Å². The van der Waals surface area contributed by atoms with Gasteiger partial charge in [-0.1, -0.05) is 36.4 Å². The Hall–Kier alpha value is -2.70. The molecule has 0 atom stereocenters. The highest BCUT2D eigenvalue weighted by Crippen LogP contribution is 2.30. The number of hydrogen-bond donors (Lipinski definition) is 0. The predicted molar refractivity (Wildman–Crippen MR) is 124 cm³/mol. The van der Waals surface area contributed by atoms with E-state index in [1.165, 1.54) is 35.4 Å². The van der Waals surface area contributed by atoms with Gasteiger partial charge in [-0.25, -0.2) is 4.98 Å². The average molecular weight is 421 g/mol. The summed E-state index contributed by atoms with van der Waals surface area (Å²) in [5.41, 5.74) is 4.54. The van der Waals surface area contributed by atoms with Gasteiger partial charge in [-0.2, -0.15) is 0 Å². The molecule has 30 heavy (non-hydrogen) atoms. The van der Waals surface area contributed by atoms with Crippen molar-refractivity contribution in [3.63, 3.8) is 0 Å². The summed E-state index contributed by atoms with van der Waals surface area (Å²) in [6, 6.07) is 18.4. The number of amides is 1. The van der Waals surface area contributed by atoms with E-state index in [4.69, 9.17) is 4.98 Å². The van der Waals surface area contributed by atoms with Crippen molar-refractivity contribution in [2.24, 2.45) is 0 Å². The van der Waals surface area contributed by atoms with Crippen LogP contribution in [0.2, 0.25) is 0 Å². The lowest BCUT2D eigenvalue weighted by molar-refractivity contribution is -0.115. The number of thiazole rings is 1. The number of rotatable bonds is 7. The van der Waals surface area contributed by atoms with Crippen LogP contribution in [0.3, 0.4) is 0 Å². The first-order valence-corrected chi connectivity index (χ1v) is 11.3. The van der Waals surface area contributed by atoms with E-state index in [0.717, 1.165) is 42.7 Å². The van der Waals surface area contributed by atoms with Gasteiger partial charge in [0.1, 0.15) is 0 Å². The fraction of sp³-hybridized carbons (Fsp3) is 0.333. The van der Waals surface area contributed by atoms with Crippen LogP contribution < -0.4 is 9.80 Å². The molecule has 2 aromatic carbocycles. The van der Waals surface area contributed by atoms with Gasteiger partial charge in [-0.15, -0.1) is 11.3 Å². The van der Waals surface area contributed by atoms with Crippen molar-refractivity contribution in [2.45, 2.75) is 32.9 Å². The van der Waals surface area contributed by atoms with Crippen LogP contribution in [0.4, 0.5) is 16.5 Å². The minimum Gasteiger partial charge on any atom is -0.371 e. The Morgan fingerprint density at radius 1 is 1.03 bits per heavy atom. The molecule has 0 aliphatic carbocycles. The maximum atomic E-state index is 12.3. The number of carbonyl (C=O) groups excluding carboxylic acids is 1. The molecule has 1 aliphatic rings. The zero-order valence-electron chi connectivity index (χ0n) is 17.6. The fourth-order valence-electron chi connectivity index (χ4n) is 4.01. The van der Waals surface area contributed by atoms with Crippen LogP contribution in [0.1, 0.15) is 31.0 Å². The number of hydrogen-bond acceptors (Lipinski definition) is 5. The summed E-state index contributed by atoms with van der Waals surface area (Å²) in [4.78, 5) is 23.5. The Morgan fingerprint density at radius 2 is 1.73 bits per heavy atom. The monoisotopic (exact) mass is 420 g/mol. The van der Waals surface area contributed by atoms with E-state index in [1.54, 1.807) is 11.8 Å². The second-order valence-corrected chi connectivity index (χ2v) is 8.64. The van der Waals surface area contributed by atoms with Crippen LogP contribution in [-0.2, 0) is 17.9 Å². The summed E-state index contributed by atoms with van der Waals surface area (Å²) < 4.78 is 0. The molecule has 2 heterocycles. The van der Waals surface area contributed by atoms with Gasteiger partial charge >= 0.3 is 0 Å². The number of carbonyl (C=O) groups is 1. The lowest BCUT2D eigenvalue weighted by atomic mass is 10.1. The van der Waals surface area contributed by atoms with E-state index in [2.05, 4.69) is 46.5 Å². The van der Waals surface area contributed by atoms with Crippen LogP contribution in [0.25, 0.3) is 0 Å². The largest absolute Gasteiger partial charge is 0.371 e. The highest BCUT2D eigenvalue weighted by Gasteiger charge is 2.19. The summed E-state index contributed by atoms with van der Waals surface area (Å²) in [6.45, 7) is 5.49. The first-order chi connectivity index (χ1) is 14.6. The molecule has 1 fully saturated rings. The minimum absolute atomic E-state index is 0.0324. The molecule has 6 heteroatoms. The molecule has 1 aromatic heterocycles. The van der Waals surface area contributed by atoms with Crippen LogP contribution in [0.5, 0.6) is 0 Å². The average Bonchev–Trinajstić information content (AvgIpc) is 3.42. The number of aromatic nitrogens is 1. The third-order valence-electron chi connectivity index (χ3n) is 5.37. The van der Waals surface area contributed by atoms with Crippen molar-refractivity contribution in [3.05, 3.63) is 71.2 Å². The second-order valence-electron chi connectivity index (χ2n) is 7.81. The molecular weight excluding hydrogens is 392 g/mol. The summed E-state index contributed by atoms with van der Waals surface area (Å²) >= 11 is 1.51. The molecule has 0 N–H and O–H groups in total. The lowest BCUT2D eigenvalue weighted by Crippen LogP contribution is -2.23. The van der Waals surface area contributed by atoms with Crippen LogP contribution in [-0.4, -0.2) is 35.9 Å². The summed E-state index contributed by atoms with van der Waals surface area (Å²) in [7, 11) is 2.12. The van der Waals surface area contributed by atoms with Crippen LogP contribution in [0.15, 0.2) is 60.0 Å². The SMILES string of the molecule is CC(=O)N(c1ccccc1)c1nc(CN(C)Cc2ccccc2N2CCCC2)cs1. The Bertz CT molecular complexity index is 982. The van der Waals surface area contributed by atoms with Crippen molar-refractivity contribution >= 4 is 33.8 Å². The van der Waals surface area contributed by atoms with Gasteiger partial charge < -0.3 is 4.90 Å². The third-order valence-corrected chi connectivity index (χ3v) is 6.25. The highest BCUT2D eigenvalue weighted by atomic mass is 32.1. The maximum Gasteiger partial charge on any atom is 0.230 e. The van der Waals surface area contributed by atoms with E-state index in [0.29, 0.717) is 0 Å². The molecule has 3 aromatic rings. The standard InChI is InChI=1S/C24H28N4OS/c1-19(29)28(22-11-4-3-5-12-22)24-25-21(18-30-24)17-26(2)16-20-10-6-7-13-23(20)27-14-8-9-15-27/h3-7,10-13,18H,8-9,14-17H2,1-2H3. The number of anilines is 3. The second kappa shape index (κ2) is 9.41. The first kappa shape index (κ1) is 20.6. The molecule has 0 radical (unpaired) electrons. The van der Waals surface area contributed by atoms with E-state index >= 15 is 0 Å². The van der Waals surface area contributed by atoms with Crippen molar-refractivity contribution in [1.82, 2.24) is 9.88 Å². The van der Waals surface area contributed by atoms with Crippen molar-refractivity contribution in [1.29, 1.82) is 0 Å². The van der Waals surface area contributed by atoms with Gasteiger partial charge in [0.05, 0.1) is 11.4 Å². The van der Waals surface area contributed by atoms with Crippen LogP contribution in [0, 0.1) is 0 Å². The third kappa shape index (κ3) is 4.71. The first-order valence-electron chi connectivity index (χ1n) is 10.4. The molecule has 1 aliphatic heterocycles. The van der Waals surface area contributed by atoms with Gasteiger partial charge in [-0.3, -0.25) is 14.6 Å². The highest BCUT2D eigenvalue weighted by molar-refractivity contribution is 7.14. The topological polar surface area (TPSA) is 39.7 Å². The molecule has 1 saturated heterocycles. The van der Waals surface area contributed by atoms with E-state index < -0.39 is 0 Å². The molecule has 5 nitrogen and oxygen atoms in total. The quantitative estimate of drug-likeness (QED) is 0.536. The number of benzene rings is 2. The molecule has 0 saturated carbocycles. The maximum absolute atomic E-state index is 12.3. The molecular formula is C24H28N4OS. The molecule has 0 bridgehead atoms. The van der Waals surface area contributed by atoms with Crippen molar-refractivity contribution in [3.8, 4) is 0 Å². The molecule has 0 spiro atoms. The Balaban J connectivity index is 1.46. The van der Waals surface area contributed by atoms with Crippen molar-refractivity contribution in [2.75, 3.05) is 29.9 Å². The van der Waals surface area contributed by atoms with Gasteiger partial charge in [0.15, 0.2) is 5.13 Å². The molecule has 4 rings (SSSR count). The zero-order valence-corrected chi connectivity index (χ0v) is 18.4. The Morgan fingerprint density at radius 3 is 2.47 bits per heavy atom. The number of nitrogens with zero attached hydrogens (tertiary/aromatic N) is 4. The van der Waals surface area contributed by atoms with Crippen molar-refractivity contribution < 1.29 is 4.79 Å². The normalized spacial score (nSPS) is 13.8. The molecule has 156 valence electrons. The van der Waals surface area contributed by atoms with E-state index in [1.807, 2.05) is 30.3 Å². The molecule has 0 unspecified atom stereocenters. The van der Waals surface area contributed by atoms with E-state index in [9.17, 15) is 4.79 Å².